The second-order valence-electron chi connectivity index (χ2n) is 10.8. The maximum absolute atomic E-state index is 14.5. The minimum absolute atomic E-state index is 0.0171. The Morgan fingerprint density at radius 1 is 0.848 bits per heavy atom. The van der Waals surface area contributed by atoms with Gasteiger partial charge in [0.2, 0.25) is 11.8 Å². The number of nitrogens with zero attached hydrogens (tertiary/aromatic N) is 2. The van der Waals surface area contributed by atoms with E-state index in [1.165, 1.54) is 17.0 Å². The number of fused-ring (bicyclic) bond motifs is 1. The van der Waals surface area contributed by atoms with Crippen molar-refractivity contribution < 1.29 is 27.5 Å². The van der Waals surface area contributed by atoms with Gasteiger partial charge in [-0.05, 0) is 53.9 Å². The molecule has 1 atom stereocenters. The molecule has 4 aromatic rings. The van der Waals surface area contributed by atoms with Gasteiger partial charge < -0.3 is 19.7 Å². The van der Waals surface area contributed by atoms with E-state index in [1.807, 2.05) is 37.3 Å². The van der Waals surface area contributed by atoms with Crippen LogP contribution in [-0.4, -0.2) is 57.5 Å². The van der Waals surface area contributed by atoms with Gasteiger partial charge >= 0.3 is 0 Å². The number of hydrogen-bond acceptors (Lipinski definition) is 6. The summed E-state index contributed by atoms with van der Waals surface area (Å²) in [5, 5.41) is 3.47. The van der Waals surface area contributed by atoms with Crippen molar-refractivity contribution in [3.8, 4) is 11.5 Å². The van der Waals surface area contributed by atoms with Crippen molar-refractivity contribution >= 4 is 39.1 Å². The highest BCUT2D eigenvalue weighted by Gasteiger charge is 2.35. The Bertz CT molecular complexity index is 1740. The van der Waals surface area contributed by atoms with Gasteiger partial charge in [0.1, 0.15) is 25.8 Å². The van der Waals surface area contributed by atoms with E-state index in [-0.39, 0.29) is 29.5 Å². The van der Waals surface area contributed by atoms with E-state index >= 15 is 0 Å². The third-order valence-electron chi connectivity index (χ3n) is 7.51. The molecule has 5 rings (SSSR count). The smallest absolute Gasteiger partial charge is 0.264 e. The second kappa shape index (κ2) is 15.2. The molecular formula is C35H36ClN3O6S. The molecule has 1 heterocycles. The summed E-state index contributed by atoms with van der Waals surface area (Å²) in [6, 6.07) is 28.2. The van der Waals surface area contributed by atoms with Crippen molar-refractivity contribution in [3.63, 3.8) is 0 Å². The Labute approximate surface area is 274 Å². The highest BCUT2D eigenvalue weighted by molar-refractivity contribution is 7.92. The summed E-state index contributed by atoms with van der Waals surface area (Å²) in [5.41, 5.74) is 1.81. The molecule has 2 amide bonds. The van der Waals surface area contributed by atoms with Crippen molar-refractivity contribution in [2.75, 3.05) is 30.6 Å². The molecule has 11 heteroatoms. The molecule has 0 aliphatic carbocycles. The number of rotatable bonds is 13. The molecule has 240 valence electrons. The first-order valence-electron chi connectivity index (χ1n) is 15.1. The summed E-state index contributed by atoms with van der Waals surface area (Å²) in [6.45, 7) is 2.54. The van der Waals surface area contributed by atoms with Crippen LogP contribution >= 0.6 is 11.6 Å². The van der Waals surface area contributed by atoms with Crippen LogP contribution in [-0.2, 0) is 32.6 Å². The van der Waals surface area contributed by atoms with Gasteiger partial charge in [0.25, 0.3) is 10.0 Å². The lowest BCUT2D eigenvalue weighted by Crippen LogP contribution is -2.53. The van der Waals surface area contributed by atoms with E-state index in [9.17, 15) is 18.0 Å². The van der Waals surface area contributed by atoms with Gasteiger partial charge in [0.05, 0.1) is 10.6 Å². The fourth-order valence-corrected chi connectivity index (χ4v) is 6.70. The number of ether oxygens (including phenoxy) is 2. The Morgan fingerprint density at radius 3 is 2.17 bits per heavy atom. The normalized spacial score (nSPS) is 13.0. The molecule has 4 aromatic carbocycles. The van der Waals surface area contributed by atoms with Gasteiger partial charge in [-0.15, -0.1) is 0 Å². The predicted molar refractivity (Wildman–Crippen MR) is 178 cm³/mol. The molecule has 1 aliphatic rings. The maximum Gasteiger partial charge on any atom is 0.264 e. The van der Waals surface area contributed by atoms with E-state index < -0.39 is 28.5 Å². The average Bonchev–Trinajstić information content (AvgIpc) is 3.09. The molecule has 46 heavy (non-hydrogen) atoms. The molecule has 0 bridgehead atoms. The first-order chi connectivity index (χ1) is 22.3. The van der Waals surface area contributed by atoms with Gasteiger partial charge in [-0.3, -0.25) is 13.9 Å². The molecule has 0 aromatic heterocycles. The minimum atomic E-state index is -4.24. The Kier molecular flexibility index (Phi) is 10.8. The first kappa shape index (κ1) is 32.8. The van der Waals surface area contributed by atoms with Crippen LogP contribution in [0.4, 0.5) is 5.69 Å². The van der Waals surface area contributed by atoms with Crippen molar-refractivity contribution in [2.24, 2.45) is 0 Å². The summed E-state index contributed by atoms with van der Waals surface area (Å²) >= 11 is 6.15. The van der Waals surface area contributed by atoms with Crippen LogP contribution in [0.2, 0.25) is 5.02 Å². The molecule has 0 radical (unpaired) electrons. The quantitative estimate of drug-likeness (QED) is 0.204. The van der Waals surface area contributed by atoms with Gasteiger partial charge in [-0.2, -0.15) is 0 Å². The number of carbonyl (C=O) groups excluding carboxylic acids is 2. The number of amides is 2. The Hall–Kier alpha value is -4.54. The first-order valence-corrected chi connectivity index (χ1v) is 16.9. The van der Waals surface area contributed by atoms with Crippen LogP contribution < -0.4 is 19.1 Å². The molecule has 0 saturated carbocycles. The summed E-state index contributed by atoms with van der Waals surface area (Å²) in [5.74, 6) is -0.0246. The van der Waals surface area contributed by atoms with Crippen molar-refractivity contribution in [1.29, 1.82) is 0 Å². The van der Waals surface area contributed by atoms with E-state index in [4.69, 9.17) is 21.1 Å². The predicted octanol–water partition coefficient (Wildman–Crippen LogP) is 5.47. The zero-order valence-electron chi connectivity index (χ0n) is 25.5. The van der Waals surface area contributed by atoms with Crippen LogP contribution in [0.25, 0.3) is 0 Å². The average molecular weight is 662 g/mol. The summed E-state index contributed by atoms with van der Waals surface area (Å²) in [4.78, 5) is 29.7. The molecule has 0 spiro atoms. The standard InChI is InChI=1S/C35H36ClN3O6S/c1-2-19-37-35(41)31(22-26-9-5-3-6-10-26)38(24-27-13-15-28(36)16-14-27)34(40)25-39(46(42,43)30-11-7-4-8-12-30)29-17-18-32-33(23-29)45-21-20-44-32/h3-18,23,31H,2,19-22,24-25H2,1H3,(H,37,41)/t31-/m1/s1. The molecular weight excluding hydrogens is 626 g/mol. The van der Waals surface area contributed by atoms with Crippen molar-refractivity contribution in [3.05, 3.63) is 119 Å². The SMILES string of the molecule is CCCNC(=O)[C@@H](Cc1ccccc1)N(Cc1ccc(Cl)cc1)C(=O)CN(c1ccc2c(c1)OCCO2)S(=O)(=O)c1ccccc1. The van der Waals surface area contributed by atoms with Crippen LogP contribution in [0, 0.1) is 0 Å². The number of carbonyl (C=O) groups is 2. The van der Waals surface area contributed by atoms with E-state index in [0.717, 1.165) is 15.4 Å². The fourth-order valence-electron chi connectivity index (χ4n) is 5.14. The zero-order valence-corrected chi connectivity index (χ0v) is 27.0. The zero-order chi connectivity index (χ0) is 32.5. The Balaban J connectivity index is 1.57. The van der Waals surface area contributed by atoms with Crippen molar-refractivity contribution in [2.45, 2.75) is 37.2 Å². The highest BCUT2D eigenvalue weighted by atomic mass is 35.5. The van der Waals surface area contributed by atoms with Crippen LogP contribution in [0.15, 0.2) is 108 Å². The maximum atomic E-state index is 14.5. The number of hydrogen-bond donors (Lipinski definition) is 1. The third kappa shape index (κ3) is 7.99. The lowest BCUT2D eigenvalue weighted by Gasteiger charge is -2.34. The topological polar surface area (TPSA) is 105 Å². The molecule has 9 nitrogen and oxygen atoms in total. The molecule has 1 aliphatic heterocycles. The van der Waals surface area contributed by atoms with Crippen LogP contribution in [0.5, 0.6) is 11.5 Å². The van der Waals surface area contributed by atoms with Gasteiger partial charge in [-0.1, -0.05) is 79.2 Å². The lowest BCUT2D eigenvalue weighted by atomic mass is 10.0. The third-order valence-corrected chi connectivity index (χ3v) is 9.55. The molecule has 0 fully saturated rings. The number of nitrogens with one attached hydrogen (secondary N) is 1. The summed E-state index contributed by atoms with van der Waals surface area (Å²) in [6.07, 6.45) is 0.938. The van der Waals surface area contributed by atoms with Gasteiger partial charge in [-0.25, -0.2) is 8.42 Å². The Morgan fingerprint density at radius 2 is 1.50 bits per heavy atom. The number of benzene rings is 4. The van der Waals surface area contributed by atoms with Crippen LogP contribution in [0.3, 0.4) is 0 Å². The fraction of sp³-hybridized carbons (Fsp3) is 0.257. The molecule has 0 saturated heterocycles. The number of sulfonamides is 1. The van der Waals surface area contributed by atoms with E-state index in [0.29, 0.717) is 42.7 Å². The van der Waals surface area contributed by atoms with Crippen molar-refractivity contribution in [1.82, 2.24) is 10.2 Å². The van der Waals surface area contributed by atoms with Crippen LogP contribution in [0.1, 0.15) is 24.5 Å². The number of halogens is 1. The van der Waals surface area contributed by atoms with E-state index in [2.05, 4.69) is 5.32 Å². The van der Waals surface area contributed by atoms with E-state index in [1.54, 1.807) is 60.7 Å². The number of anilines is 1. The monoisotopic (exact) mass is 661 g/mol. The van der Waals surface area contributed by atoms with Gasteiger partial charge in [0, 0.05) is 30.6 Å². The summed E-state index contributed by atoms with van der Waals surface area (Å²) < 4.78 is 40.8. The van der Waals surface area contributed by atoms with Gasteiger partial charge in [0.15, 0.2) is 11.5 Å². The lowest BCUT2D eigenvalue weighted by molar-refractivity contribution is -0.140. The minimum Gasteiger partial charge on any atom is -0.486 e. The second-order valence-corrected chi connectivity index (χ2v) is 13.1. The molecule has 0 unspecified atom stereocenters. The summed E-state index contributed by atoms with van der Waals surface area (Å²) in [7, 11) is -4.24. The highest BCUT2D eigenvalue weighted by Crippen LogP contribution is 2.36. The largest absolute Gasteiger partial charge is 0.486 e. The molecule has 1 N–H and O–H groups in total.